The molecule has 2 rings (SSSR count). The number of aromatic nitrogens is 3. The van der Waals surface area contributed by atoms with E-state index in [9.17, 15) is 8.42 Å². The lowest BCUT2D eigenvalue weighted by atomic mass is 10.4. The van der Waals surface area contributed by atoms with Gasteiger partial charge in [0.25, 0.3) is 0 Å². The number of aliphatic hydroxyl groups excluding tert-OH is 1. The van der Waals surface area contributed by atoms with E-state index in [2.05, 4.69) is 10.3 Å². The van der Waals surface area contributed by atoms with Crippen LogP contribution in [-0.2, 0) is 16.4 Å². The van der Waals surface area contributed by atoms with E-state index < -0.39 is 9.84 Å². The van der Waals surface area contributed by atoms with Crippen LogP contribution in [0, 0.1) is 0 Å². The number of nitrogens with two attached hydrogens (primary N) is 1. The molecule has 108 valence electrons. The third kappa shape index (κ3) is 2.77. The molecule has 0 fully saturated rings. The Labute approximate surface area is 120 Å². The molecule has 0 aliphatic carbocycles. The molecule has 0 spiro atoms. The summed E-state index contributed by atoms with van der Waals surface area (Å²) in [5, 5.41) is 16.2. The number of nitrogens with zero attached hydrogens (tertiary/aromatic N) is 3. The number of nitrogen functional groups attached to an aromatic ring is 1. The highest BCUT2D eigenvalue weighted by Gasteiger charge is 2.26. The van der Waals surface area contributed by atoms with Crippen molar-refractivity contribution in [1.29, 1.82) is 0 Å². The summed E-state index contributed by atoms with van der Waals surface area (Å²) in [6, 6.07) is 5.70. The molecular weight excluding hydrogens is 304 g/mol. The number of anilines is 1. The molecule has 0 radical (unpaired) electrons. The van der Waals surface area contributed by atoms with Crippen LogP contribution < -0.4 is 5.73 Å². The van der Waals surface area contributed by atoms with Gasteiger partial charge in [-0.2, -0.15) is 0 Å². The van der Waals surface area contributed by atoms with Crippen LogP contribution in [0.15, 0.2) is 34.2 Å². The first-order valence-electron chi connectivity index (χ1n) is 5.77. The first-order chi connectivity index (χ1) is 9.46. The Bertz CT molecular complexity index is 697. The third-order valence-corrected chi connectivity index (χ3v) is 4.59. The molecule has 0 saturated carbocycles. The van der Waals surface area contributed by atoms with Crippen LogP contribution in [0.2, 0.25) is 5.02 Å². The predicted molar refractivity (Wildman–Crippen MR) is 73.0 cm³/mol. The van der Waals surface area contributed by atoms with Gasteiger partial charge in [-0.25, -0.2) is 13.1 Å². The lowest BCUT2D eigenvalue weighted by molar-refractivity contribution is 0.277. The standard InChI is InChI=1S/C11H13ClN4O3S/c12-8-2-4-9(5-3-8)20(18,19)11-10(13)16(15-14-11)6-1-7-17/h2-5,17H,1,6-7,13H2. The minimum atomic E-state index is -3.83. The largest absolute Gasteiger partial charge is 0.396 e. The summed E-state index contributed by atoms with van der Waals surface area (Å²) >= 11 is 5.73. The molecule has 0 aliphatic rings. The summed E-state index contributed by atoms with van der Waals surface area (Å²) in [5.74, 6) is -0.0478. The molecule has 0 unspecified atom stereocenters. The lowest BCUT2D eigenvalue weighted by Crippen LogP contribution is -2.09. The van der Waals surface area contributed by atoms with Gasteiger partial charge in [-0.3, -0.25) is 0 Å². The van der Waals surface area contributed by atoms with Gasteiger partial charge in [0, 0.05) is 18.2 Å². The van der Waals surface area contributed by atoms with Crippen LogP contribution >= 0.6 is 11.6 Å². The summed E-state index contributed by atoms with van der Waals surface area (Å²) in [6.07, 6.45) is 0.411. The average Bonchev–Trinajstić information content (AvgIpc) is 2.79. The highest BCUT2D eigenvalue weighted by atomic mass is 35.5. The molecular formula is C11H13ClN4O3S. The summed E-state index contributed by atoms with van der Waals surface area (Å²) < 4.78 is 26.0. The normalized spacial score (nSPS) is 11.7. The monoisotopic (exact) mass is 316 g/mol. The van der Waals surface area contributed by atoms with Crippen molar-refractivity contribution in [3.63, 3.8) is 0 Å². The molecule has 0 atom stereocenters. The zero-order valence-electron chi connectivity index (χ0n) is 10.4. The molecule has 1 heterocycles. The van der Waals surface area contributed by atoms with Crippen molar-refractivity contribution in [2.75, 3.05) is 12.3 Å². The minimum absolute atomic E-state index is 0.0431. The van der Waals surface area contributed by atoms with Gasteiger partial charge in [0.15, 0.2) is 5.82 Å². The van der Waals surface area contributed by atoms with Crippen molar-refractivity contribution in [2.45, 2.75) is 22.9 Å². The van der Waals surface area contributed by atoms with E-state index in [-0.39, 0.29) is 22.3 Å². The molecule has 1 aromatic heterocycles. The van der Waals surface area contributed by atoms with Crippen LogP contribution in [0.1, 0.15) is 6.42 Å². The molecule has 0 amide bonds. The smallest absolute Gasteiger partial charge is 0.229 e. The third-order valence-electron chi connectivity index (χ3n) is 2.65. The van der Waals surface area contributed by atoms with Gasteiger partial charge in [-0.05, 0) is 30.7 Å². The number of hydrogen-bond acceptors (Lipinski definition) is 6. The molecule has 0 aliphatic heterocycles. The van der Waals surface area contributed by atoms with E-state index in [0.717, 1.165) is 0 Å². The molecule has 3 N–H and O–H groups in total. The number of aliphatic hydroxyl groups is 1. The number of sulfone groups is 1. The van der Waals surface area contributed by atoms with Crippen molar-refractivity contribution in [2.24, 2.45) is 0 Å². The van der Waals surface area contributed by atoms with E-state index in [0.29, 0.717) is 18.0 Å². The average molecular weight is 317 g/mol. The van der Waals surface area contributed by atoms with Gasteiger partial charge in [-0.1, -0.05) is 16.8 Å². The van der Waals surface area contributed by atoms with Crippen LogP contribution in [0.4, 0.5) is 5.82 Å². The summed E-state index contributed by atoms with van der Waals surface area (Å²) in [6.45, 7) is 0.254. The molecule has 0 saturated heterocycles. The van der Waals surface area contributed by atoms with E-state index in [4.69, 9.17) is 22.4 Å². The van der Waals surface area contributed by atoms with E-state index >= 15 is 0 Å². The maximum atomic E-state index is 12.4. The number of halogens is 1. The molecule has 20 heavy (non-hydrogen) atoms. The number of benzene rings is 1. The Balaban J connectivity index is 2.40. The predicted octanol–water partition coefficient (Wildman–Crippen LogP) is 0.729. The second-order valence-corrected chi connectivity index (χ2v) is 6.34. The van der Waals surface area contributed by atoms with Gasteiger partial charge in [0.2, 0.25) is 14.9 Å². The molecule has 1 aromatic carbocycles. The quantitative estimate of drug-likeness (QED) is 0.841. The summed E-state index contributed by atoms with van der Waals surface area (Å²) in [7, 11) is -3.83. The fraction of sp³-hybridized carbons (Fsp3) is 0.273. The minimum Gasteiger partial charge on any atom is -0.396 e. The molecule has 0 bridgehead atoms. The lowest BCUT2D eigenvalue weighted by Gasteiger charge is -2.03. The van der Waals surface area contributed by atoms with Crippen molar-refractivity contribution in [3.05, 3.63) is 29.3 Å². The van der Waals surface area contributed by atoms with Crippen LogP contribution in [0.5, 0.6) is 0 Å². The second kappa shape index (κ2) is 5.78. The van der Waals surface area contributed by atoms with Gasteiger partial charge < -0.3 is 10.8 Å². The van der Waals surface area contributed by atoms with Gasteiger partial charge in [0.05, 0.1) is 4.90 Å². The Kier molecular flexibility index (Phi) is 4.26. The summed E-state index contributed by atoms with van der Waals surface area (Å²) in [4.78, 5) is 0.0443. The van der Waals surface area contributed by atoms with Crippen LogP contribution in [0.25, 0.3) is 0 Å². The van der Waals surface area contributed by atoms with Gasteiger partial charge in [-0.15, -0.1) is 5.10 Å². The highest BCUT2D eigenvalue weighted by molar-refractivity contribution is 7.91. The first-order valence-corrected chi connectivity index (χ1v) is 7.63. The maximum Gasteiger partial charge on any atom is 0.229 e. The maximum absolute atomic E-state index is 12.4. The topological polar surface area (TPSA) is 111 Å². The zero-order valence-corrected chi connectivity index (χ0v) is 12.0. The Morgan fingerprint density at radius 3 is 2.55 bits per heavy atom. The van der Waals surface area contributed by atoms with E-state index in [1.165, 1.54) is 28.9 Å². The number of aryl methyl sites for hydroxylation is 1. The van der Waals surface area contributed by atoms with E-state index in [1.54, 1.807) is 0 Å². The molecule has 9 heteroatoms. The second-order valence-electron chi connectivity index (χ2n) is 4.04. The number of hydrogen-bond donors (Lipinski definition) is 2. The summed E-state index contributed by atoms with van der Waals surface area (Å²) in [5.41, 5.74) is 5.75. The van der Waals surface area contributed by atoms with Crippen LogP contribution in [0.3, 0.4) is 0 Å². The first kappa shape index (κ1) is 14.8. The number of rotatable bonds is 5. The SMILES string of the molecule is Nc1c(S(=O)(=O)c2ccc(Cl)cc2)nnn1CCCO. The van der Waals surface area contributed by atoms with Crippen molar-refractivity contribution < 1.29 is 13.5 Å². The Morgan fingerprint density at radius 2 is 1.95 bits per heavy atom. The highest BCUT2D eigenvalue weighted by Crippen LogP contribution is 2.24. The zero-order chi connectivity index (χ0) is 14.8. The van der Waals surface area contributed by atoms with Gasteiger partial charge >= 0.3 is 0 Å². The fourth-order valence-electron chi connectivity index (χ4n) is 1.61. The molecule has 2 aromatic rings. The van der Waals surface area contributed by atoms with Crippen molar-refractivity contribution in [3.8, 4) is 0 Å². The van der Waals surface area contributed by atoms with Crippen LogP contribution in [-0.4, -0.2) is 35.1 Å². The van der Waals surface area contributed by atoms with Crippen molar-refractivity contribution >= 4 is 27.3 Å². The van der Waals surface area contributed by atoms with E-state index in [1.807, 2.05) is 0 Å². The Hall–Kier alpha value is -1.64. The van der Waals surface area contributed by atoms with Crippen molar-refractivity contribution in [1.82, 2.24) is 15.0 Å². The molecule has 7 nitrogen and oxygen atoms in total. The Morgan fingerprint density at radius 1 is 1.30 bits per heavy atom. The van der Waals surface area contributed by atoms with Gasteiger partial charge in [0.1, 0.15) is 0 Å². The fourth-order valence-corrected chi connectivity index (χ4v) is 2.98.